The highest BCUT2D eigenvalue weighted by atomic mass is 19.4. The molecule has 0 aromatic carbocycles. The third-order valence-electron chi connectivity index (χ3n) is 7.14. The summed E-state index contributed by atoms with van der Waals surface area (Å²) < 4.78 is 39.0. The Kier molecular flexibility index (Phi) is 7.59. The number of hydrogen-bond donors (Lipinski definition) is 2. The van der Waals surface area contributed by atoms with Crippen LogP contribution in [0.4, 0.5) is 19.1 Å². The van der Waals surface area contributed by atoms with Crippen LogP contribution in [0.5, 0.6) is 0 Å². The largest absolute Gasteiger partial charge is 0.389 e. The Morgan fingerprint density at radius 1 is 1.29 bits per heavy atom. The van der Waals surface area contributed by atoms with Crippen molar-refractivity contribution < 1.29 is 22.8 Å². The van der Waals surface area contributed by atoms with E-state index in [9.17, 15) is 22.8 Å². The van der Waals surface area contributed by atoms with Crippen molar-refractivity contribution in [1.82, 2.24) is 30.1 Å². The molecule has 0 radical (unpaired) electrons. The second-order valence-corrected chi connectivity index (χ2v) is 9.91. The van der Waals surface area contributed by atoms with E-state index in [0.29, 0.717) is 37.5 Å². The molecule has 2 aromatic heterocycles. The van der Waals surface area contributed by atoms with Crippen LogP contribution < -0.4 is 10.6 Å². The Hall–Kier alpha value is -3.54. The molecule has 0 saturated carbocycles. The summed E-state index contributed by atoms with van der Waals surface area (Å²) >= 11 is 0. The summed E-state index contributed by atoms with van der Waals surface area (Å²) in [5.41, 5.74) is 3.14. The third-order valence-corrected chi connectivity index (χ3v) is 7.14. The number of aliphatic imine (C=N–C) groups is 1. The number of alkyl halides is 3. The number of nitrogens with one attached hydrogen (secondary N) is 2. The van der Waals surface area contributed by atoms with E-state index in [1.54, 1.807) is 10.7 Å². The zero-order valence-electron chi connectivity index (χ0n) is 20.9. The van der Waals surface area contributed by atoms with Gasteiger partial charge in [0, 0.05) is 49.9 Å². The summed E-state index contributed by atoms with van der Waals surface area (Å²) in [7, 11) is 0. The van der Waals surface area contributed by atoms with Gasteiger partial charge in [-0.25, -0.2) is 9.51 Å². The Labute approximate surface area is 217 Å². The molecule has 1 fully saturated rings. The Balaban J connectivity index is 1.22. The van der Waals surface area contributed by atoms with Gasteiger partial charge in [0.1, 0.15) is 0 Å². The van der Waals surface area contributed by atoms with Gasteiger partial charge in [-0.1, -0.05) is 12.2 Å². The van der Waals surface area contributed by atoms with Gasteiger partial charge in [0.25, 0.3) is 5.95 Å². The molecule has 202 valence electrons. The van der Waals surface area contributed by atoms with Crippen LogP contribution in [0.3, 0.4) is 0 Å². The molecule has 2 amide bonds. The number of fused-ring (bicyclic) bond motifs is 1. The van der Waals surface area contributed by atoms with E-state index in [4.69, 9.17) is 0 Å². The van der Waals surface area contributed by atoms with E-state index in [0.717, 1.165) is 36.4 Å². The lowest BCUT2D eigenvalue weighted by Crippen LogP contribution is -2.35. The second kappa shape index (κ2) is 11.1. The van der Waals surface area contributed by atoms with Crippen LogP contribution in [-0.4, -0.2) is 75.9 Å². The van der Waals surface area contributed by atoms with Crippen molar-refractivity contribution in [3.63, 3.8) is 0 Å². The van der Waals surface area contributed by atoms with Crippen LogP contribution in [0.1, 0.15) is 37.7 Å². The third kappa shape index (κ3) is 6.29. The number of amides is 2. The molecule has 2 N–H and O–H groups in total. The molecule has 0 spiro atoms. The summed E-state index contributed by atoms with van der Waals surface area (Å²) in [6.45, 7) is 3.20. The quantitative estimate of drug-likeness (QED) is 0.574. The smallest absolute Gasteiger partial charge is 0.355 e. The highest BCUT2D eigenvalue weighted by Gasteiger charge is 2.30. The number of carbonyl (C=O) groups excluding carboxylic acids is 2. The number of aromatic nitrogens is 3. The van der Waals surface area contributed by atoms with Crippen LogP contribution in [0.25, 0.3) is 11.2 Å². The maximum Gasteiger partial charge on any atom is 0.389 e. The van der Waals surface area contributed by atoms with Crippen LogP contribution >= 0.6 is 0 Å². The highest BCUT2D eigenvalue weighted by molar-refractivity contribution is 6.03. The molecule has 3 aliphatic rings. The molecule has 4 heterocycles. The number of allylic oxidation sites excluding steroid dienone is 1. The molecule has 0 bridgehead atoms. The van der Waals surface area contributed by atoms with Crippen molar-refractivity contribution >= 4 is 34.7 Å². The van der Waals surface area contributed by atoms with E-state index < -0.39 is 24.9 Å². The first kappa shape index (κ1) is 26.1. The van der Waals surface area contributed by atoms with Crippen molar-refractivity contribution in [1.29, 1.82) is 0 Å². The molecule has 2 unspecified atom stereocenters. The fourth-order valence-electron chi connectivity index (χ4n) is 4.98. The van der Waals surface area contributed by atoms with Crippen molar-refractivity contribution in [2.75, 3.05) is 32.7 Å². The summed E-state index contributed by atoms with van der Waals surface area (Å²) in [4.78, 5) is 35.3. The first-order valence-electron chi connectivity index (χ1n) is 12.9. The number of pyridine rings is 1. The highest BCUT2D eigenvalue weighted by Crippen LogP contribution is 2.28. The maximum atomic E-state index is 12.6. The molecule has 38 heavy (non-hydrogen) atoms. The molecule has 1 saturated heterocycles. The fraction of sp³-hybridized carbons (Fsp3) is 0.500. The van der Waals surface area contributed by atoms with Gasteiger partial charge in [0.15, 0.2) is 5.65 Å². The molecule has 9 nitrogen and oxygen atoms in total. The van der Waals surface area contributed by atoms with E-state index in [2.05, 4.69) is 25.7 Å². The Morgan fingerprint density at radius 3 is 2.89 bits per heavy atom. The van der Waals surface area contributed by atoms with Gasteiger partial charge in [0.2, 0.25) is 11.8 Å². The van der Waals surface area contributed by atoms with Crippen molar-refractivity contribution in [2.45, 2.75) is 38.3 Å². The Bertz CT molecular complexity index is 1290. The predicted molar refractivity (Wildman–Crippen MR) is 136 cm³/mol. The second-order valence-electron chi connectivity index (χ2n) is 9.91. The van der Waals surface area contributed by atoms with Gasteiger partial charge in [-0.3, -0.25) is 9.59 Å². The molecular formula is C26H30F3N7O2. The lowest BCUT2D eigenvalue weighted by molar-refractivity contribution is -0.148. The number of rotatable bonds is 7. The first-order valence-corrected chi connectivity index (χ1v) is 12.9. The average molecular weight is 530 g/mol. The summed E-state index contributed by atoms with van der Waals surface area (Å²) in [5.74, 6) is 0.00819. The zero-order valence-corrected chi connectivity index (χ0v) is 20.9. The summed E-state index contributed by atoms with van der Waals surface area (Å²) in [5, 5.41) is 10.8. The molecule has 12 heteroatoms. The number of carbonyl (C=O) groups is 2. The van der Waals surface area contributed by atoms with Crippen molar-refractivity contribution in [3.05, 3.63) is 42.1 Å². The fourth-order valence-corrected chi connectivity index (χ4v) is 4.98. The number of nitrogens with zero attached hydrogens (tertiary/aromatic N) is 5. The SMILES string of the molecule is O=C(NCC1CCNC1)C1C=CC(=Nc2nc3c(C4=CCN(C(=O)CCC(F)(F)F)CC4)cccn3n2)C1. The van der Waals surface area contributed by atoms with E-state index >= 15 is 0 Å². The van der Waals surface area contributed by atoms with Crippen LogP contribution in [0, 0.1) is 11.8 Å². The van der Waals surface area contributed by atoms with E-state index in [1.165, 1.54) is 4.90 Å². The van der Waals surface area contributed by atoms with E-state index in [1.807, 2.05) is 30.4 Å². The van der Waals surface area contributed by atoms with Gasteiger partial charge in [-0.05, 0) is 55.6 Å². The zero-order chi connectivity index (χ0) is 26.7. The van der Waals surface area contributed by atoms with E-state index in [-0.39, 0.29) is 24.3 Å². The lowest BCUT2D eigenvalue weighted by Gasteiger charge is -2.27. The van der Waals surface area contributed by atoms with Gasteiger partial charge >= 0.3 is 6.18 Å². The minimum absolute atomic E-state index is 0.00114. The van der Waals surface area contributed by atoms with Crippen LogP contribution in [0.15, 0.2) is 41.6 Å². The molecule has 5 rings (SSSR count). The topological polar surface area (TPSA) is 104 Å². The number of halogens is 3. The first-order chi connectivity index (χ1) is 18.2. The predicted octanol–water partition coefficient (Wildman–Crippen LogP) is 3.06. The van der Waals surface area contributed by atoms with Crippen LogP contribution in [-0.2, 0) is 9.59 Å². The van der Waals surface area contributed by atoms with Gasteiger partial charge in [-0.15, -0.1) is 5.10 Å². The summed E-state index contributed by atoms with van der Waals surface area (Å²) in [6, 6.07) is 3.74. The average Bonchev–Trinajstić information content (AvgIpc) is 3.66. The van der Waals surface area contributed by atoms with Gasteiger partial charge in [-0.2, -0.15) is 18.2 Å². The van der Waals surface area contributed by atoms with Crippen molar-refractivity contribution in [3.8, 4) is 0 Å². The minimum atomic E-state index is -4.34. The molecule has 1 aliphatic carbocycles. The molecule has 2 aliphatic heterocycles. The lowest BCUT2D eigenvalue weighted by atomic mass is 10.00. The normalized spacial score (nSPS) is 22.9. The number of hydrogen-bond acceptors (Lipinski definition) is 6. The monoisotopic (exact) mass is 529 g/mol. The standard InChI is InChI=1S/C26H30F3N7O2/c27-26(28,29)9-5-22(37)35-12-7-18(8-13-35)21-2-1-11-36-23(21)33-25(34-36)32-20-4-3-19(14-20)24(38)31-16-17-6-10-30-15-17/h1-4,7,11,17,19,30H,5-6,8-10,12-16H2,(H,31,38). The minimum Gasteiger partial charge on any atom is -0.355 e. The van der Waals surface area contributed by atoms with Gasteiger partial charge in [0.05, 0.1) is 12.3 Å². The molecule has 2 aromatic rings. The molecule has 2 atom stereocenters. The molecular weight excluding hydrogens is 499 g/mol. The van der Waals surface area contributed by atoms with Crippen LogP contribution in [0.2, 0.25) is 0 Å². The van der Waals surface area contributed by atoms with Gasteiger partial charge < -0.3 is 15.5 Å². The van der Waals surface area contributed by atoms with Crippen molar-refractivity contribution in [2.24, 2.45) is 16.8 Å². The Morgan fingerprint density at radius 2 is 2.16 bits per heavy atom. The maximum absolute atomic E-state index is 12.6. The summed E-state index contributed by atoms with van der Waals surface area (Å²) in [6.07, 6.45) is 3.40.